The molecule has 0 unspecified atom stereocenters. The van der Waals surface area contributed by atoms with Gasteiger partial charge in [0.05, 0.1) is 14.2 Å². The van der Waals surface area contributed by atoms with Crippen LogP contribution in [0.3, 0.4) is 0 Å². The highest BCUT2D eigenvalue weighted by Gasteiger charge is 2.29. The van der Waals surface area contributed by atoms with Crippen molar-refractivity contribution in [3.8, 4) is 22.9 Å². The topological polar surface area (TPSA) is 72.4 Å². The molecule has 1 fully saturated rings. The van der Waals surface area contributed by atoms with Gasteiger partial charge in [-0.25, -0.2) is 4.98 Å². The van der Waals surface area contributed by atoms with Crippen LogP contribution < -0.4 is 14.8 Å². The van der Waals surface area contributed by atoms with Crippen molar-refractivity contribution in [2.45, 2.75) is 22.7 Å². The van der Waals surface area contributed by atoms with Gasteiger partial charge in [0.25, 0.3) is 0 Å². The van der Waals surface area contributed by atoms with Crippen molar-refractivity contribution in [2.75, 3.05) is 39.7 Å². The van der Waals surface area contributed by atoms with Gasteiger partial charge in [0.15, 0.2) is 23.1 Å². The van der Waals surface area contributed by atoms with Gasteiger partial charge >= 0.3 is 0 Å². The van der Waals surface area contributed by atoms with Crippen molar-refractivity contribution in [1.29, 1.82) is 0 Å². The largest absolute Gasteiger partial charge is 0.493 e. The Hall–Kier alpha value is -1.54. The number of methoxy groups -OCH3 is 2. The minimum Gasteiger partial charge on any atom is -0.493 e. The monoisotopic (exact) mass is 445 g/mol. The summed E-state index contributed by atoms with van der Waals surface area (Å²) in [5.41, 5.74) is 0.696. The number of hydrogen-bond donors (Lipinski definition) is 1. The van der Waals surface area contributed by atoms with Gasteiger partial charge in [-0.3, -0.25) is 0 Å². The molecule has 1 N–H and O–H groups in total. The minimum atomic E-state index is -1.77. The van der Waals surface area contributed by atoms with Crippen molar-refractivity contribution in [1.82, 2.24) is 19.9 Å². The highest BCUT2D eigenvalue weighted by Crippen LogP contribution is 2.38. The van der Waals surface area contributed by atoms with E-state index in [4.69, 9.17) is 44.3 Å². The molecule has 152 valence electrons. The fourth-order valence-electron chi connectivity index (χ4n) is 3.01. The van der Waals surface area contributed by atoms with Crippen LogP contribution in [-0.2, 0) is 3.79 Å². The zero-order valence-corrected chi connectivity index (χ0v) is 18.1. The lowest BCUT2D eigenvalue weighted by molar-refractivity contribution is 0.263. The Morgan fingerprint density at radius 1 is 1.04 bits per heavy atom. The van der Waals surface area contributed by atoms with E-state index in [2.05, 4.69) is 32.2 Å². The van der Waals surface area contributed by atoms with E-state index in [1.165, 1.54) is 0 Å². The number of likely N-dealkylation sites (tertiary alicyclic amines) is 1. The van der Waals surface area contributed by atoms with E-state index >= 15 is 0 Å². The molecule has 0 saturated carbocycles. The Morgan fingerprint density at radius 3 is 2.32 bits per heavy atom. The number of piperidine rings is 1. The summed E-state index contributed by atoms with van der Waals surface area (Å²) in [5.74, 6) is 1.99. The van der Waals surface area contributed by atoms with Gasteiger partial charge in [-0.2, -0.15) is 9.97 Å². The van der Waals surface area contributed by atoms with E-state index in [-0.39, 0.29) is 11.9 Å². The highest BCUT2D eigenvalue weighted by molar-refractivity contribution is 6.66. The van der Waals surface area contributed by atoms with Crippen molar-refractivity contribution in [3.63, 3.8) is 0 Å². The summed E-state index contributed by atoms with van der Waals surface area (Å²) >= 11 is 18.2. The van der Waals surface area contributed by atoms with Crippen LogP contribution in [0, 0.1) is 0 Å². The van der Waals surface area contributed by atoms with E-state index in [0.29, 0.717) is 28.8 Å². The van der Waals surface area contributed by atoms with Gasteiger partial charge in [0.1, 0.15) is 0 Å². The fraction of sp³-hybridized carbons (Fsp3) is 0.500. The summed E-state index contributed by atoms with van der Waals surface area (Å²) < 4.78 is 8.88. The Morgan fingerprint density at radius 2 is 1.71 bits per heavy atom. The maximum Gasteiger partial charge on any atom is 0.250 e. The van der Waals surface area contributed by atoms with Gasteiger partial charge < -0.3 is 19.7 Å². The molecular formula is C18H22Cl3N5O2. The molecule has 1 saturated heterocycles. The predicted octanol–water partition coefficient (Wildman–Crippen LogP) is 3.89. The van der Waals surface area contributed by atoms with Gasteiger partial charge in [-0.15, -0.1) is 0 Å². The van der Waals surface area contributed by atoms with E-state index < -0.39 is 3.79 Å². The lowest BCUT2D eigenvalue weighted by atomic mass is 10.1. The van der Waals surface area contributed by atoms with Crippen LogP contribution in [0.25, 0.3) is 11.4 Å². The zero-order valence-electron chi connectivity index (χ0n) is 15.9. The van der Waals surface area contributed by atoms with Crippen molar-refractivity contribution >= 4 is 40.8 Å². The summed E-state index contributed by atoms with van der Waals surface area (Å²) in [6, 6.07) is 5.62. The zero-order chi connectivity index (χ0) is 20.3. The van der Waals surface area contributed by atoms with Gasteiger partial charge in [0, 0.05) is 11.6 Å². The normalized spacial score (nSPS) is 16.1. The molecule has 0 radical (unpaired) electrons. The van der Waals surface area contributed by atoms with Crippen molar-refractivity contribution in [2.24, 2.45) is 0 Å². The summed E-state index contributed by atoms with van der Waals surface area (Å²) in [6.07, 6.45) is 1.97. The molecule has 1 aromatic carbocycles. The number of aromatic nitrogens is 3. The average molecular weight is 447 g/mol. The molecule has 2 heterocycles. The Bertz CT molecular complexity index is 823. The molecule has 1 aliphatic rings. The lowest BCUT2D eigenvalue weighted by Crippen LogP contribution is -2.37. The van der Waals surface area contributed by atoms with Crippen LogP contribution in [0.5, 0.6) is 11.5 Å². The van der Waals surface area contributed by atoms with Crippen molar-refractivity contribution < 1.29 is 9.47 Å². The van der Waals surface area contributed by atoms with Crippen LogP contribution in [-0.4, -0.2) is 60.3 Å². The molecule has 0 atom stereocenters. The van der Waals surface area contributed by atoms with Gasteiger partial charge in [0.2, 0.25) is 9.74 Å². The molecule has 0 amide bonds. The molecule has 28 heavy (non-hydrogen) atoms. The van der Waals surface area contributed by atoms with Gasteiger partial charge in [-0.05, 0) is 51.2 Å². The SMILES string of the molecule is COc1ccc(-c2nc(NC3CCN(C)CC3)nc(C(Cl)(Cl)Cl)n2)cc1OC. The number of ether oxygens (including phenoxy) is 2. The first-order valence-corrected chi connectivity index (χ1v) is 9.94. The number of nitrogens with one attached hydrogen (secondary N) is 1. The smallest absolute Gasteiger partial charge is 0.250 e. The average Bonchev–Trinajstić information content (AvgIpc) is 2.68. The third-order valence-corrected chi connectivity index (χ3v) is 5.09. The van der Waals surface area contributed by atoms with Crippen LogP contribution in [0.1, 0.15) is 18.7 Å². The summed E-state index contributed by atoms with van der Waals surface area (Å²) in [7, 11) is 5.25. The number of anilines is 1. The highest BCUT2D eigenvalue weighted by atomic mass is 35.6. The maximum atomic E-state index is 6.06. The van der Waals surface area contributed by atoms with Crippen LogP contribution in [0.2, 0.25) is 0 Å². The van der Waals surface area contributed by atoms with Crippen LogP contribution in [0.4, 0.5) is 5.95 Å². The van der Waals surface area contributed by atoms with E-state index in [1.54, 1.807) is 26.4 Å². The molecule has 1 aliphatic heterocycles. The Kier molecular flexibility index (Phi) is 6.70. The first-order valence-electron chi connectivity index (χ1n) is 8.81. The van der Waals surface area contributed by atoms with Crippen molar-refractivity contribution in [3.05, 3.63) is 24.0 Å². The number of halogens is 3. The first kappa shape index (κ1) is 21.2. The number of nitrogens with zero attached hydrogens (tertiary/aromatic N) is 4. The minimum absolute atomic E-state index is 0.0627. The van der Waals surface area contributed by atoms with E-state index in [1.807, 2.05) is 6.07 Å². The summed E-state index contributed by atoms with van der Waals surface area (Å²) in [6.45, 7) is 2.01. The van der Waals surface area contributed by atoms with Crippen LogP contribution in [0.15, 0.2) is 18.2 Å². The molecule has 1 aromatic heterocycles. The standard InChI is InChI=1S/C18H22Cl3N5O2/c1-26-8-6-12(7-9-26)22-17-24-15(23-16(25-17)18(19,20)21)11-4-5-13(27-2)14(10-11)28-3/h4-5,10,12H,6-9H2,1-3H3,(H,22,23,24,25). The maximum absolute atomic E-state index is 6.06. The first-order chi connectivity index (χ1) is 13.3. The molecule has 0 aliphatic carbocycles. The second kappa shape index (κ2) is 8.86. The number of alkyl halides is 3. The molecule has 10 heteroatoms. The van der Waals surface area contributed by atoms with E-state index in [9.17, 15) is 0 Å². The summed E-state index contributed by atoms with van der Waals surface area (Å²) in [5, 5.41) is 3.35. The molecule has 0 spiro atoms. The number of rotatable bonds is 5. The Labute approximate surface area is 179 Å². The Balaban J connectivity index is 1.96. The number of benzene rings is 1. The second-order valence-corrected chi connectivity index (χ2v) is 8.88. The third kappa shape index (κ3) is 5.08. The third-order valence-electron chi connectivity index (χ3n) is 4.58. The fourth-order valence-corrected chi connectivity index (χ4v) is 3.26. The predicted molar refractivity (Wildman–Crippen MR) is 112 cm³/mol. The molecule has 2 aromatic rings. The quantitative estimate of drug-likeness (QED) is 0.699. The van der Waals surface area contributed by atoms with E-state index in [0.717, 1.165) is 25.9 Å². The lowest BCUT2D eigenvalue weighted by Gasteiger charge is -2.29. The number of hydrogen-bond acceptors (Lipinski definition) is 7. The molecule has 0 bridgehead atoms. The summed E-state index contributed by atoms with van der Waals surface area (Å²) in [4.78, 5) is 15.5. The van der Waals surface area contributed by atoms with Crippen LogP contribution >= 0.6 is 34.8 Å². The van der Waals surface area contributed by atoms with Gasteiger partial charge in [-0.1, -0.05) is 34.8 Å². The molecule has 3 rings (SSSR count). The molecule has 7 nitrogen and oxygen atoms in total. The second-order valence-electron chi connectivity index (χ2n) is 6.60. The molecular weight excluding hydrogens is 425 g/mol.